The van der Waals surface area contributed by atoms with Crippen LogP contribution >= 0.6 is 11.6 Å². The monoisotopic (exact) mass is 480 g/mol. The molecule has 0 heterocycles. The van der Waals surface area contributed by atoms with E-state index in [1.54, 1.807) is 18.2 Å². The fourth-order valence-electron chi connectivity index (χ4n) is 3.10. The van der Waals surface area contributed by atoms with Crippen LogP contribution in [0.2, 0.25) is 5.02 Å². The summed E-state index contributed by atoms with van der Waals surface area (Å²) in [5.74, 6) is -2.53. The number of benzene rings is 3. The number of nitro benzene ring substituents is 1. The molecule has 0 spiro atoms. The molecule has 0 aliphatic heterocycles. The second-order valence-electron chi connectivity index (χ2n) is 7.02. The molecule has 172 valence electrons. The van der Waals surface area contributed by atoms with Crippen LogP contribution in [0.1, 0.15) is 43.6 Å². The number of halogens is 1. The highest BCUT2D eigenvalue weighted by molar-refractivity contribution is 6.33. The summed E-state index contributed by atoms with van der Waals surface area (Å²) in [5, 5.41) is 13.5. The Morgan fingerprint density at radius 1 is 0.941 bits per heavy atom. The summed E-state index contributed by atoms with van der Waals surface area (Å²) in [5.41, 5.74) is -0.107. The molecule has 1 amide bonds. The van der Waals surface area contributed by atoms with Crippen molar-refractivity contribution < 1.29 is 28.8 Å². The van der Waals surface area contributed by atoms with Crippen LogP contribution in [0.4, 0.5) is 11.4 Å². The maximum absolute atomic E-state index is 13.0. The van der Waals surface area contributed by atoms with Crippen LogP contribution in [0.25, 0.3) is 0 Å². The van der Waals surface area contributed by atoms with Gasteiger partial charge >= 0.3 is 5.97 Å². The Balaban J connectivity index is 1.76. The Morgan fingerprint density at radius 3 is 2.21 bits per heavy atom. The normalized spacial score (nSPS) is 10.3. The molecule has 1 N–H and O–H groups in total. The van der Waals surface area contributed by atoms with E-state index in [0.29, 0.717) is 5.56 Å². The number of hydrogen-bond acceptors (Lipinski definition) is 7. The minimum Gasteiger partial charge on any atom is -0.452 e. The van der Waals surface area contributed by atoms with Gasteiger partial charge < -0.3 is 10.1 Å². The van der Waals surface area contributed by atoms with E-state index in [4.69, 9.17) is 16.3 Å². The predicted molar refractivity (Wildman–Crippen MR) is 123 cm³/mol. The summed E-state index contributed by atoms with van der Waals surface area (Å²) < 4.78 is 5.05. The highest BCUT2D eigenvalue weighted by Crippen LogP contribution is 2.27. The van der Waals surface area contributed by atoms with Gasteiger partial charge in [-0.25, -0.2) is 4.79 Å². The lowest BCUT2D eigenvalue weighted by Gasteiger charge is -2.11. The van der Waals surface area contributed by atoms with Gasteiger partial charge in [0.05, 0.1) is 16.2 Å². The summed E-state index contributed by atoms with van der Waals surface area (Å²) >= 11 is 5.80. The molecule has 0 saturated heterocycles. The highest BCUT2D eigenvalue weighted by atomic mass is 35.5. The third-order valence-corrected chi connectivity index (χ3v) is 5.03. The van der Waals surface area contributed by atoms with Crippen molar-refractivity contribution in [1.82, 2.24) is 0 Å². The van der Waals surface area contributed by atoms with E-state index >= 15 is 0 Å². The number of nitrogens with zero attached hydrogens (tertiary/aromatic N) is 1. The van der Waals surface area contributed by atoms with Crippen LogP contribution in [0.5, 0.6) is 0 Å². The first-order valence-corrected chi connectivity index (χ1v) is 10.2. The smallest absolute Gasteiger partial charge is 0.339 e. The van der Waals surface area contributed by atoms with Crippen LogP contribution in [0.15, 0.2) is 66.7 Å². The molecule has 10 heteroatoms. The number of Topliss-reactive ketones (excluding diaryl/α,β-unsaturated/α-hetero) is 1. The average molecular weight is 481 g/mol. The topological polar surface area (TPSA) is 133 Å². The lowest BCUT2D eigenvalue weighted by Crippen LogP contribution is -2.22. The number of rotatable bonds is 8. The summed E-state index contributed by atoms with van der Waals surface area (Å²) in [4.78, 5) is 59.9. The van der Waals surface area contributed by atoms with Gasteiger partial charge in [-0.2, -0.15) is 0 Å². The number of esters is 1. The first kappa shape index (κ1) is 24.3. The minimum atomic E-state index is -0.942. The quantitative estimate of drug-likeness (QED) is 0.217. The highest BCUT2D eigenvalue weighted by Gasteiger charge is 2.23. The molecular formula is C24H17ClN2O7. The number of ether oxygens (including phenoxy) is 1. The average Bonchev–Trinajstić information content (AvgIpc) is 2.82. The molecule has 0 aliphatic carbocycles. The molecule has 0 radical (unpaired) electrons. The molecule has 34 heavy (non-hydrogen) atoms. The van der Waals surface area contributed by atoms with E-state index < -0.39 is 34.9 Å². The number of carbonyl (C=O) groups excluding carboxylic acids is 4. The van der Waals surface area contributed by atoms with Gasteiger partial charge in [-0.05, 0) is 37.3 Å². The molecule has 3 aromatic carbocycles. The Kier molecular flexibility index (Phi) is 7.50. The number of para-hydroxylation sites is 1. The van der Waals surface area contributed by atoms with E-state index in [-0.39, 0.29) is 33.2 Å². The number of nitrogens with one attached hydrogen (secondary N) is 1. The van der Waals surface area contributed by atoms with Crippen LogP contribution < -0.4 is 5.32 Å². The maximum Gasteiger partial charge on any atom is 0.339 e. The lowest BCUT2D eigenvalue weighted by atomic mass is 9.98. The molecule has 3 aromatic rings. The lowest BCUT2D eigenvalue weighted by molar-refractivity contribution is -0.384. The van der Waals surface area contributed by atoms with E-state index in [2.05, 4.69) is 5.32 Å². The van der Waals surface area contributed by atoms with Gasteiger partial charge in [0.25, 0.3) is 11.6 Å². The molecule has 3 rings (SSSR count). The molecule has 0 atom stereocenters. The molecular weight excluding hydrogens is 464 g/mol. The Hall–Kier alpha value is -4.37. The second kappa shape index (κ2) is 10.5. The summed E-state index contributed by atoms with van der Waals surface area (Å²) in [7, 11) is 0. The van der Waals surface area contributed by atoms with Crippen molar-refractivity contribution in [3.05, 3.63) is 104 Å². The van der Waals surface area contributed by atoms with Gasteiger partial charge in [0, 0.05) is 22.8 Å². The second-order valence-corrected chi connectivity index (χ2v) is 7.43. The van der Waals surface area contributed by atoms with E-state index in [0.717, 1.165) is 6.07 Å². The molecule has 0 bridgehead atoms. The number of nitro groups is 1. The third kappa shape index (κ3) is 5.51. The zero-order chi connectivity index (χ0) is 24.8. The van der Waals surface area contributed by atoms with Gasteiger partial charge in [-0.15, -0.1) is 0 Å². The summed E-state index contributed by atoms with van der Waals surface area (Å²) in [6.45, 7) is 0.689. The molecule has 0 saturated carbocycles. The third-order valence-electron chi connectivity index (χ3n) is 4.71. The molecule has 0 aromatic heterocycles. The van der Waals surface area contributed by atoms with Crippen LogP contribution in [-0.4, -0.2) is 35.0 Å². The van der Waals surface area contributed by atoms with Crippen molar-refractivity contribution in [3.63, 3.8) is 0 Å². The van der Waals surface area contributed by atoms with Gasteiger partial charge in [0.1, 0.15) is 5.02 Å². The first-order valence-electron chi connectivity index (χ1n) is 9.83. The zero-order valence-electron chi connectivity index (χ0n) is 17.7. The number of carbonyl (C=O) groups is 4. The summed E-state index contributed by atoms with van der Waals surface area (Å²) in [6, 6.07) is 15.6. The van der Waals surface area contributed by atoms with Crippen molar-refractivity contribution >= 4 is 46.4 Å². The van der Waals surface area contributed by atoms with Crippen LogP contribution in [-0.2, 0) is 9.53 Å². The van der Waals surface area contributed by atoms with E-state index in [9.17, 15) is 29.3 Å². The molecule has 0 unspecified atom stereocenters. The maximum atomic E-state index is 13.0. The number of amides is 1. The molecule has 9 nitrogen and oxygen atoms in total. The largest absolute Gasteiger partial charge is 0.452 e. The summed E-state index contributed by atoms with van der Waals surface area (Å²) in [6.07, 6.45) is 0. The van der Waals surface area contributed by atoms with Gasteiger partial charge in [0.15, 0.2) is 18.2 Å². The van der Waals surface area contributed by atoms with E-state index in [1.165, 1.54) is 49.4 Å². The van der Waals surface area contributed by atoms with E-state index in [1.807, 2.05) is 0 Å². The number of hydrogen-bond donors (Lipinski definition) is 1. The fourth-order valence-corrected chi connectivity index (χ4v) is 3.29. The fraction of sp³-hybridized carbons (Fsp3) is 0.0833. The molecule has 0 aliphatic rings. The first-order chi connectivity index (χ1) is 16.2. The van der Waals surface area contributed by atoms with Gasteiger partial charge in [0.2, 0.25) is 0 Å². The number of anilines is 1. The van der Waals surface area contributed by atoms with Crippen molar-refractivity contribution in [2.75, 3.05) is 11.9 Å². The Bertz CT molecular complexity index is 1320. The Morgan fingerprint density at radius 2 is 1.56 bits per heavy atom. The predicted octanol–water partition coefficient (Wildman–Crippen LogP) is 4.48. The SMILES string of the molecule is CC(=O)c1ccccc1NC(=O)COC(=O)c1ccccc1C(=O)c1ccc(Cl)c([N+](=O)[O-])c1. The van der Waals surface area contributed by atoms with Gasteiger partial charge in [-0.3, -0.25) is 24.5 Å². The van der Waals surface area contributed by atoms with Crippen molar-refractivity contribution in [2.45, 2.75) is 6.92 Å². The minimum absolute atomic E-state index is 0.0464. The number of ketones is 2. The molecule has 0 fully saturated rings. The Labute approximate surface area is 198 Å². The standard InChI is InChI=1S/C24H17ClN2O7/c1-14(28)16-6-4-5-9-20(16)26-22(29)13-34-24(31)18-8-3-2-7-17(18)23(30)15-10-11-19(25)21(12-15)27(32)33/h2-12H,13H2,1H3,(H,26,29). The van der Waals surface area contributed by atoms with Crippen LogP contribution in [0, 0.1) is 10.1 Å². The van der Waals surface area contributed by atoms with Crippen molar-refractivity contribution in [1.29, 1.82) is 0 Å². The van der Waals surface area contributed by atoms with Crippen molar-refractivity contribution in [2.24, 2.45) is 0 Å². The zero-order valence-corrected chi connectivity index (χ0v) is 18.5. The van der Waals surface area contributed by atoms with Crippen molar-refractivity contribution in [3.8, 4) is 0 Å². The van der Waals surface area contributed by atoms with Gasteiger partial charge in [-0.1, -0.05) is 41.9 Å². The van der Waals surface area contributed by atoms with Crippen LogP contribution in [0.3, 0.4) is 0 Å².